The van der Waals surface area contributed by atoms with Crippen LogP contribution in [0.2, 0.25) is 0 Å². The quantitative estimate of drug-likeness (QED) is 0.823. The van der Waals surface area contributed by atoms with Crippen molar-refractivity contribution >= 4 is 0 Å². The van der Waals surface area contributed by atoms with Gasteiger partial charge < -0.3 is 5.73 Å². The number of likely N-dealkylation sites (tertiary alicyclic amines) is 1. The Morgan fingerprint density at radius 3 is 2.94 bits per heavy atom. The highest BCUT2D eigenvalue weighted by Gasteiger charge is 2.30. The molecule has 0 aliphatic carbocycles. The van der Waals surface area contributed by atoms with Gasteiger partial charge in [-0.25, -0.2) is 0 Å². The fourth-order valence-electron chi connectivity index (χ4n) is 2.63. The van der Waals surface area contributed by atoms with Gasteiger partial charge in [0.25, 0.3) is 0 Å². The Labute approximate surface area is 97.7 Å². The van der Waals surface area contributed by atoms with Crippen LogP contribution in [0.5, 0.6) is 0 Å². The molecular formula is C13H21N3. The van der Waals surface area contributed by atoms with Crippen LogP contribution in [0.1, 0.15) is 30.1 Å². The predicted octanol–water partition coefficient (Wildman–Crippen LogP) is 1.73. The summed E-state index contributed by atoms with van der Waals surface area (Å²) in [4.78, 5) is 6.94. The van der Waals surface area contributed by atoms with Crippen molar-refractivity contribution in [2.45, 2.75) is 25.8 Å². The monoisotopic (exact) mass is 219 g/mol. The second kappa shape index (κ2) is 4.93. The molecule has 1 aromatic rings. The Morgan fingerprint density at radius 2 is 2.31 bits per heavy atom. The van der Waals surface area contributed by atoms with Crippen LogP contribution in [0, 0.1) is 12.8 Å². The minimum atomic E-state index is 0.402. The number of aromatic nitrogens is 1. The molecule has 3 heteroatoms. The molecule has 1 aromatic heterocycles. The Balaban J connectivity index is 2.24. The number of aryl methyl sites for hydroxylation is 1. The van der Waals surface area contributed by atoms with E-state index in [9.17, 15) is 0 Å². The largest absolute Gasteiger partial charge is 0.330 e. The minimum absolute atomic E-state index is 0.402. The highest BCUT2D eigenvalue weighted by Crippen LogP contribution is 2.33. The molecule has 1 fully saturated rings. The molecule has 2 unspecified atom stereocenters. The van der Waals surface area contributed by atoms with Crippen molar-refractivity contribution in [3.63, 3.8) is 0 Å². The van der Waals surface area contributed by atoms with E-state index in [1.165, 1.54) is 24.1 Å². The number of hydrogen-bond acceptors (Lipinski definition) is 3. The van der Waals surface area contributed by atoms with Gasteiger partial charge in [-0.05, 0) is 57.5 Å². The third kappa shape index (κ3) is 2.25. The molecule has 0 spiro atoms. The number of rotatable bonds is 2. The molecule has 0 amide bonds. The molecule has 16 heavy (non-hydrogen) atoms. The van der Waals surface area contributed by atoms with Crippen molar-refractivity contribution < 1.29 is 0 Å². The summed E-state index contributed by atoms with van der Waals surface area (Å²) in [5.41, 5.74) is 8.25. The van der Waals surface area contributed by atoms with Crippen LogP contribution in [0.3, 0.4) is 0 Å². The molecule has 1 aliphatic rings. The van der Waals surface area contributed by atoms with Crippen molar-refractivity contribution in [2.24, 2.45) is 11.7 Å². The number of piperidine rings is 1. The first-order valence-electron chi connectivity index (χ1n) is 6.05. The minimum Gasteiger partial charge on any atom is -0.330 e. The molecule has 0 radical (unpaired) electrons. The van der Waals surface area contributed by atoms with Crippen molar-refractivity contribution in [2.75, 3.05) is 20.1 Å². The summed E-state index contributed by atoms with van der Waals surface area (Å²) in [5.74, 6) is 0.550. The third-order valence-corrected chi connectivity index (χ3v) is 3.55. The predicted molar refractivity (Wildman–Crippen MR) is 66.1 cm³/mol. The summed E-state index contributed by atoms with van der Waals surface area (Å²) in [5, 5.41) is 0. The average Bonchev–Trinajstić information content (AvgIpc) is 2.30. The zero-order chi connectivity index (χ0) is 11.5. The molecular weight excluding hydrogens is 198 g/mol. The third-order valence-electron chi connectivity index (χ3n) is 3.55. The van der Waals surface area contributed by atoms with E-state index in [4.69, 9.17) is 5.73 Å². The smallest absolute Gasteiger partial charge is 0.0578 e. The molecule has 2 heterocycles. The topological polar surface area (TPSA) is 42.1 Å². The normalized spacial score (nSPS) is 26.9. The van der Waals surface area contributed by atoms with E-state index in [0.717, 1.165) is 13.1 Å². The summed E-state index contributed by atoms with van der Waals surface area (Å²) in [6.07, 6.45) is 4.42. The first-order chi connectivity index (χ1) is 7.72. The SMILES string of the molecule is Cc1ccc(C2C(CN)CCCN2C)nc1. The van der Waals surface area contributed by atoms with Gasteiger partial charge in [-0.3, -0.25) is 9.88 Å². The molecule has 88 valence electrons. The summed E-state index contributed by atoms with van der Waals surface area (Å²) in [7, 11) is 2.17. The summed E-state index contributed by atoms with van der Waals surface area (Å²) in [6, 6.07) is 4.68. The van der Waals surface area contributed by atoms with Crippen LogP contribution in [-0.4, -0.2) is 30.0 Å². The van der Waals surface area contributed by atoms with Gasteiger partial charge in [-0.2, -0.15) is 0 Å². The second-order valence-electron chi connectivity index (χ2n) is 4.82. The summed E-state index contributed by atoms with van der Waals surface area (Å²) < 4.78 is 0. The lowest BCUT2D eigenvalue weighted by molar-refractivity contribution is 0.122. The lowest BCUT2D eigenvalue weighted by Gasteiger charge is -2.38. The fourth-order valence-corrected chi connectivity index (χ4v) is 2.63. The van der Waals surface area contributed by atoms with Gasteiger partial charge in [0.05, 0.1) is 11.7 Å². The van der Waals surface area contributed by atoms with Crippen LogP contribution in [0.25, 0.3) is 0 Å². The van der Waals surface area contributed by atoms with Gasteiger partial charge in [0.15, 0.2) is 0 Å². The van der Waals surface area contributed by atoms with Crippen LogP contribution in [-0.2, 0) is 0 Å². The van der Waals surface area contributed by atoms with E-state index in [1.807, 2.05) is 6.20 Å². The van der Waals surface area contributed by atoms with Crippen LogP contribution < -0.4 is 5.73 Å². The van der Waals surface area contributed by atoms with Crippen molar-refractivity contribution in [3.05, 3.63) is 29.6 Å². The van der Waals surface area contributed by atoms with E-state index in [1.54, 1.807) is 0 Å². The number of pyridine rings is 1. The van der Waals surface area contributed by atoms with E-state index in [0.29, 0.717) is 12.0 Å². The van der Waals surface area contributed by atoms with Crippen LogP contribution in [0.15, 0.2) is 18.3 Å². The van der Waals surface area contributed by atoms with Crippen molar-refractivity contribution in [1.82, 2.24) is 9.88 Å². The van der Waals surface area contributed by atoms with Crippen LogP contribution in [0.4, 0.5) is 0 Å². The number of hydrogen-bond donors (Lipinski definition) is 1. The number of nitrogens with two attached hydrogens (primary N) is 1. The first-order valence-corrected chi connectivity index (χ1v) is 6.05. The molecule has 3 nitrogen and oxygen atoms in total. The molecule has 2 atom stereocenters. The van der Waals surface area contributed by atoms with E-state index < -0.39 is 0 Å². The molecule has 0 saturated carbocycles. The maximum atomic E-state index is 5.87. The van der Waals surface area contributed by atoms with E-state index >= 15 is 0 Å². The van der Waals surface area contributed by atoms with Gasteiger partial charge in [-0.15, -0.1) is 0 Å². The lowest BCUT2D eigenvalue weighted by Crippen LogP contribution is -2.39. The van der Waals surface area contributed by atoms with Crippen LogP contribution >= 0.6 is 0 Å². The van der Waals surface area contributed by atoms with E-state index in [-0.39, 0.29) is 0 Å². The molecule has 1 saturated heterocycles. The summed E-state index contributed by atoms with van der Waals surface area (Å²) in [6.45, 7) is 3.98. The molecule has 0 bridgehead atoms. The Hall–Kier alpha value is -0.930. The molecule has 2 N–H and O–H groups in total. The van der Waals surface area contributed by atoms with Crippen molar-refractivity contribution in [3.8, 4) is 0 Å². The lowest BCUT2D eigenvalue weighted by atomic mass is 9.87. The molecule has 0 aromatic carbocycles. The van der Waals surface area contributed by atoms with Crippen molar-refractivity contribution in [1.29, 1.82) is 0 Å². The first kappa shape index (κ1) is 11.6. The molecule has 1 aliphatic heterocycles. The highest BCUT2D eigenvalue weighted by molar-refractivity contribution is 5.16. The fraction of sp³-hybridized carbons (Fsp3) is 0.615. The van der Waals surface area contributed by atoms with Gasteiger partial charge in [-0.1, -0.05) is 6.07 Å². The molecule has 2 rings (SSSR count). The zero-order valence-electron chi connectivity index (χ0n) is 10.2. The second-order valence-corrected chi connectivity index (χ2v) is 4.82. The Kier molecular flexibility index (Phi) is 3.56. The van der Waals surface area contributed by atoms with Gasteiger partial charge in [0.1, 0.15) is 0 Å². The maximum Gasteiger partial charge on any atom is 0.0578 e. The maximum absolute atomic E-state index is 5.87. The zero-order valence-corrected chi connectivity index (χ0v) is 10.2. The Bertz CT molecular complexity index is 334. The average molecular weight is 219 g/mol. The van der Waals surface area contributed by atoms with E-state index in [2.05, 4.69) is 36.0 Å². The van der Waals surface area contributed by atoms with Gasteiger partial charge in [0, 0.05) is 6.20 Å². The van der Waals surface area contributed by atoms with Gasteiger partial charge >= 0.3 is 0 Å². The van der Waals surface area contributed by atoms with Gasteiger partial charge in [0.2, 0.25) is 0 Å². The highest BCUT2D eigenvalue weighted by atomic mass is 15.2. The summed E-state index contributed by atoms with van der Waals surface area (Å²) >= 11 is 0. The standard InChI is InChI=1S/C13H21N3/c1-10-5-6-12(15-9-10)13-11(8-14)4-3-7-16(13)2/h5-6,9,11,13H,3-4,7-8,14H2,1-2H3. The number of nitrogens with zero attached hydrogens (tertiary/aromatic N) is 2. The Morgan fingerprint density at radius 1 is 1.50 bits per heavy atom.